The number of nitrogens with one attached hydrogen (secondary N) is 1. The van der Waals surface area contributed by atoms with Gasteiger partial charge in [-0.1, -0.05) is 35.2 Å². The van der Waals surface area contributed by atoms with Crippen molar-refractivity contribution in [3.8, 4) is 5.75 Å². The monoisotopic (exact) mass is 482 g/mol. The van der Waals surface area contributed by atoms with Crippen LogP contribution in [0.25, 0.3) is 15.2 Å². The molecule has 4 rings (SSSR count). The van der Waals surface area contributed by atoms with E-state index in [0.717, 1.165) is 34.1 Å². The number of fused-ring (bicyclic) bond motifs is 3. The van der Waals surface area contributed by atoms with Crippen molar-refractivity contribution >= 4 is 49.9 Å². The minimum absolute atomic E-state index is 0.0612. The largest absolute Gasteiger partial charge is 0.489 e. The Kier molecular flexibility index (Phi) is 6.53. The third-order valence-electron chi connectivity index (χ3n) is 4.37. The lowest BCUT2D eigenvalue weighted by atomic mass is 10.1. The Morgan fingerprint density at radius 3 is 2.78 bits per heavy atom. The Morgan fingerprint density at radius 2 is 2.00 bits per heavy atom. The number of benzene rings is 2. The van der Waals surface area contributed by atoms with Crippen LogP contribution in [0.3, 0.4) is 0 Å². The molecule has 0 aliphatic carbocycles. The number of thioether (sulfide) groups is 1. The minimum atomic E-state index is -4.55. The molecule has 2 aromatic carbocycles. The molecule has 32 heavy (non-hydrogen) atoms. The Balaban J connectivity index is 1.50. The maximum absolute atomic E-state index is 13.1. The molecule has 0 saturated heterocycles. The number of carbonyl (C=O) groups excluding carboxylic acids is 1. The zero-order valence-corrected chi connectivity index (χ0v) is 18.3. The van der Waals surface area contributed by atoms with E-state index >= 15 is 0 Å². The van der Waals surface area contributed by atoms with E-state index < -0.39 is 17.6 Å². The molecular weight excluding hydrogens is 465 g/mol. The molecule has 4 aromatic rings. The number of ether oxygens (including phenoxy) is 2. The molecule has 1 N–H and O–H groups in total. The van der Waals surface area contributed by atoms with Crippen LogP contribution in [0.1, 0.15) is 5.56 Å². The Morgan fingerprint density at radius 1 is 1.19 bits per heavy atom. The van der Waals surface area contributed by atoms with Crippen LogP contribution in [0.2, 0.25) is 0 Å². The molecule has 0 bridgehead atoms. The van der Waals surface area contributed by atoms with Crippen molar-refractivity contribution < 1.29 is 27.4 Å². The molecule has 168 valence electrons. The SMILES string of the molecule is COCCOc1ccc(C(F)(F)F)cc1NC(=O)CSc1nnc2sc3ccccc3n12. The van der Waals surface area contributed by atoms with Gasteiger partial charge in [0.2, 0.25) is 10.9 Å². The molecule has 0 atom stereocenters. The summed E-state index contributed by atoms with van der Waals surface area (Å²) in [6, 6.07) is 10.7. The van der Waals surface area contributed by atoms with Crippen molar-refractivity contribution in [3.05, 3.63) is 48.0 Å². The first kappa shape index (κ1) is 22.4. The maximum Gasteiger partial charge on any atom is 0.416 e. The van der Waals surface area contributed by atoms with Gasteiger partial charge in [0, 0.05) is 7.11 Å². The maximum atomic E-state index is 13.1. The minimum Gasteiger partial charge on any atom is -0.489 e. The molecule has 12 heteroatoms. The summed E-state index contributed by atoms with van der Waals surface area (Å²) in [6.07, 6.45) is -4.55. The first-order valence-corrected chi connectivity index (χ1v) is 11.2. The van der Waals surface area contributed by atoms with Crippen LogP contribution < -0.4 is 10.1 Å². The lowest BCUT2D eigenvalue weighted by molar-refractivity contribution is -0.137. The van der Waals surface area contributed by atoms with E-state index in [0.29, 0.717) is 10.1 Å². The molecule has 2 aromatic heterocycles. The fourth-order valence-electron chi connectivity index (χ4n) is 2.93. The molecule has 1 amide bonds. The summed E-state index contributed by atoms with van der Waals surface area (Å²) in [6.45, 7) is 0.379. The number of nitrogens with zero attached hydrogens (tertiary/aromatic N) is 3. The molecule has 0 aliphatic heterocycles. The molecular formula is C20H17F3N4O3S2. The van der Waals surface area contributed by atoms with Crippen LogP contribution in [0.5, 0.6) is 5.75 Å². The van der Waals surface area contributed by atoms with Crippen LogP contribution in [0.15, 0.2) is 47.6 Å². The average Bonchev–Trinajstić information content (AvgIpc) is 3.32. The van der Waals surface area contributed by atoms with Gasteiger partial charge in [-0.2, -0.15) is 13.2 Å². The third-order valence-corrected chi connectivity index (χ3v) is 6.31. The summed E-state index contributed by atoms with van der Waals surface area (Å²) in [7, 11) is 1.48. The Bertz CT molecular complexity index is 1260. The van der Waals surface area contributed by atoms with Crippen LogP contribution in [-0.4, -0.2) is 46.6 Å². The van der Waals surface area contributed by atoms with E-state index in [2.05, 4.69) is 15.5 Å². The Hall–Kier alpha value is -2.83. The summed E-state index contributed by atoms with van der Waals surface area (Å²) >= 11 is 2.62. The number of hydrogen-bond acceptors (Lipinski definition) is 7. The highest BCUT2D eigenvalue weighted by atomic mass is 32.2. The number of thiazole rings is 1. The smallest absolute Gasteiger partial charge is 0.416 e. The van der Waals surface area contributed by atoms with Gasteiger partial charge in [-0.15, -0.1) is 10.2 Å². The third kappa shape index (κ3) is 4.81. The number of halogens is 3. The number of aromatic nitrogens is 3. The molecule has 2 heterocycles. The first-order chi connectivity index (χ1) is 15.4. The van der Waals surface area contributed by atoms with Gasteiger partial charge >= 0.3 is 6.18 Å². The van der Waals surface area contributed by atoms with E-state index in [1.165, 1.54) is 24.5 Å². The highest BCUT2D eigenvalue weighted by molar-refractivity contribution is 7.99. The van der Waals surface area contributed by atoms with Crippen LogP contribution in [0.4, 0.5) is 18.9 Å². The predicted molar refractivity (Wildman–Crippen MR) is 117 cm³/mol. The predicted octanol–water partition coefficient (Wildman–Crippen LogP) is 4.72. The van der Waals surface area contributed by atoms with Crippen molar-refractivity contribution in [3.63, 3.8) is 0 Å². The number of methoxy groups -OCH3 is 1. The summed E-state index contributed by atoms with van der Waals surface area (Å²) in [5, 5.41) is 11.3. The zero-order chi connectivity index (χ0) is 22.7. The van der Waals surface area contributed by atoms with Crippen molar-refractivity contribution in [2.75, 3.05) is 31.4 Å². The van der Waals surface area contributed by atoms with E-state index in [1.54, 1.807) is 0 Å². The van der Waals surface area contributed by atoms with Crippen LogP contribution in [0, 0.1) is 0 Å². The normalized spacial score (nSPS) is 11.9. The fraction of sp³-hybridized carbons (Fsp3) is 0.250. The van der Waals surface area contributed by atoms with Gasteiger partial charge in [0.05, 0.1) is 33.8 Å². The second kappa shape index (κ2) is 9.35. The standard InChI is InChI=1S/C20H17F3N4O3S2/c1-29-8-9-30-15-7-6-12(20(21,22)23)10-13(15)24-17(28)11-31-18-25-26-19-27(18)14-4-2-3-5-16(14)32-19/h2-7,10H,8-9,11H2,1H3,(H,24,28). The highest BCUT2D eigenvalue weighted by Crippen LogP contribution is 2.35. The first-order valence-electron chi connectivity index (χ1n) is 9.35. The van der Waals surface area contributed by atoms with Gasteiger partial charge in [0.15, 0.2) is 5.16 Å². The number of carbonyl (C=O) groups is 1. The number of para-hydroxylation sites is 1. The van der Waals surface area contributed by atoms with Gasteiger partial charge in [-0.3, -0.25) is 9.20 Å². The lowest BCUT2D eigenvalue weighted by Crippen LogP contribution is -2.17. The van der Waals surface area contributed by atoms with Crippen molar-refractivity contribution in [1.82, 2.24) is 14.6 Å². The van der Waals surface area contributed by atoms with Gasteiger partial charge in [0.25, 0.3) is 0 Å². The average molecular weight is 483 g/mol. The summed E-state index contributed by atoms with van der Waals surface area (Å²) in [5.74, 6) is -0.442. The molecule has 0 fully saturated rings. The van der Waals surface area contributed by atoms with E-state index in [-0.39, 0.29) is 30.4 Å². The van der Waals surface area contributed by atoms with Crippen molar-refractivity contribution in [1.29, 1.82) is 0 Å². The second-order valence-electron chi connectivity index (χ2n) is 6.56. The fourth-order valence-corrected chi connectivity index (χ4v) is 4.70. The van der Waals surface area contributed by atoms with E-state index in [4.69, 9.17) is 9.47 Å². The number of hydrogen-bond donors (Lipinski definition) is 1. The molecule has 0 saturated carbocycles. The van der Waals surface area contributed by atoms with Crippen molar-refractivity contribution in [2.45, 2.75) is 11.3 Å². The second-order valence-corrected chi connectivity index (χ2v) is 8.51. The van der Waals surface area contributed by atoms with Gasteiger partial charge < -0.3 is 14.8 Å². The van der Waals surface area contributed by atoms with Crippen molar-refractivity contribution in [2.24, 2.45) is 0 Å². The molecule has 0 spiro atoms. The van der Waals surface area contributed by atoms with E-state index in [9.17, 15) is 18.0 Å². The topological polar surface area (TPSA) is 77.8 Å². The number of anilines is 1. The molecule has 0 unspecified atom stereocenters. The number of alkyl halides is 3. The highest BCUT2D eigenvalue weighted by Gasteiger charge is 2.31. The van der Waals surface area contributed by atoms with Crippen LogP contribution in [-0.2, 0) is 15.7 Å². The summed E-state index contributed by atoms with van der Waals surface area (Å²) in [4.78, 5) is 13.2. The summed E-state index contributed by atoms with van der Waals surface area (Å²) in [5.41, 5.74) is -0.0236. The summed E-state index contributed by atoms with van der Waals surface area (Å²) < 4.78 is 52.6. The van der Waals surface area contributed by atoms with E-state index in [1.807, 2.05) is 28.7 Å². The molecule has 0 aliphatic rings. The zero-order valence-electron chi connectivity index (χ0n) is 16.7. The van der Waals surface area contributed by atoms with Crippen LogP contribution >= 0.6 is 23.1 Å². The number of amides is 1. The van der Waals surface area contributed by atoms with Gasteiger partial charge in [0.1, 0.15) is 12.4 Å². The number of rotatable bonds is 8. The lowest BCUT2D eigenvalue weighted by Gasteiger charge is -2.15. The van der Waals surface area contributed by atoms with Gasteiger partial charge in [-0.25, -0.2) is 0 Å². The molecule has 7 nitrogen and oxygen atoms in total. The molecule has 0 radical (unpaired) electrons. The quantitative estimate of drug-likeness (QED) is 0.289. The Labute approximate surface area is 188 Å². The van der Waals surface area contributed by atoms with Gasteiger partial charge in [-0.05, 0) is 30.3 Å².